The number of benzene rings is 2. The zero-order valence-corrected chi connectivity index (χ0v) is 12.6. The molecule has 0 fully saturated rings. The van der Waals surface area contributed by atoms with Crippen molar-refractivity contribution in [1.82, 2.24) is 5.32 Å². The summed E-state index contributed by atoms with van der Waals surface area (Å²) in [6, 6.07) is 18.3. The van der Waals surface area contributed by atoms with Gasteiger partial charge in [0.2, 0.25) is 0 Å². The van der Waals surface area contributed by atoms with Crippen LogP contribution in [0.3, 0.4) is 0 Å². The Morgan fingerprint density at radius 2 is 1.35 bits per heavy atom. The first-order valence-corrected chi connectivity index (χ1v) is 7.36. The van der Waals surface area contributed by atoms with Crippen molar-refractivity contribution >= 4 is 11.9 Å². The normalized spacial score (nSPS) is 12.0. The van der Waals surface area contributed by atoms with E-state index >= 15 is 0 Å². The molecule has 0 amide bonds. The maximum absolute atomic E-state index is 11.5. The summed E-state index contributed by atoms with van der Waals surface area (Å²) in [4.78, 5) is 22.2. The Morgan fingerprint density at radius 1 is 0.870 bits per heavy atom. The molecule has 0 aliphatic carbocycles. The van der Waals surface area contributed by atoms with E-state index in [4.69, 9.17) is 5.11 Å². The van der Waals surface area contributed by atoms with Crippen LogP contribution in [-0.2, 0) is 9.59 Å². The molecule has 1 unspecified atom stereocenters. The summed E-state index contributed by atoms with van der Waals surface area (Å²) in [5, 5.41) is 20.7. The number of hydrogen-bond acceptors (Lipinski definition) is 3. The molecule has 2 rings (SSSR count). The van der Waals surface area contributed by atoms with E-state index in [9.17, 15) is 14.7 Å². The molecule has 0 bridgehead atoms. The second-order valence-corrected chi connectivity index (χ2v) is 5.28. The lowest BCUT2D eigenvalue weighted by Gasteiger charge is -2.22. The molecular weight excluding hydrogens is 294 g/mol. The Morgan fingerprint density at radius 3 is 1.74 bits per heavy atom. The van der Waals surface area contributed by atoms with Crippen molar-refractivity contribution < 1.29 is 19.8 Å². The Balaban J connectivity index is 2.26. The topological polar surface area (TPSA) is 86.6 Å². The van der Waals surface area contributed by atoms with E-state index in [2.05, 4.69) is 5.32 Å². The van der Waals surface area contributed by atoms with Crippen molar-refractivity contribution in [3.8, 4) is 0 Å². The quantitative estimate of drug-likeness (QED) is 0.696. The second-order valence-electron chi connectivity index (χ2n) is 5.28. The van der Waals surface area contributed by atoms with Crippen LogP contribution in [0.2, 0.25) is 0 Å². The third kappa shape index (κ3) is 4.93. The van der Waals surface area contributed by atoms with Gasteiger partial charge in [0, 0.05) is 5.92 Å². The van der Waals surface area contributed by atoms with E-state index in [1.165, 1.54) is 0 Å². The third-order valence-corrected chi connectivity index (χ3v) is 3.67. The number of carboxylic acid groups (broad SMARTS) is 2. The van der Waals surface area contributed by atoms with E-state index < -0.39 is 18.0 Å². The van der Waals surface area contributed by atoms with Crippen molar-refractivity contribution in [2.75, 3.05) is 6.54 Å². The molecule has 5 nitrogen and oxygen atoms in total. The molecule has 2 aromatic rings. The van der Waals surface area contributed by atoms with E-state index in [-0.39, 0.29) is 18.9 Å². The number of carbonyl (C=O) groups is 2. The molecule has 0 saturated heterocycles. The average Bonchev–Trinajstić information content (AvgIpc) is 2.56. The molecule has 1 atom stereocenters. The minimum atomic E-state index is -1.08. The maximum Gasteiger partial charge on any atom is 0.320 e. The highest BCUT2D eigenvalue weighted by molar-refractivity contribution is 5.75. The van der Waals surface area contributed by atoms with Crippen molar-refractivity contribution in [3.63, 3.8) is 0 Å². The summed E-state index contributed by atoms with van der Waals surface area (Å²) in [6.45, 7) is -0.382. The summed E-state index contributed by atoms with van der Waals surface area (Å²) in [7, 11) is 0. The lowest BCUT2D eigenvalue weighted by Crippen LogP contribution is -2.40. The predicted molar refractivity (Wildman–Crippen MR) is 86.4 cm³/mol. The molecule has 23 heavy (non-hydrogen) atoms. The lowest BCUT2D eigenvalue weighted by atomic mass is 9.86. The van der Waals surface area contributed by atoms with Gasteiger partial charge in [-0.15, -0.1) is 0 Å². The van der Waals surface area contributed by atoms with Crippen molar-refractivity contribution in [1.29, 1.82) is 0 Å². The molecular formula is C18H19NO4. The zero-order valence-electron chi connectivity index (χ0n) is 12.6. The van der Waals surface area contributed by atoms with Crippen LogP contribution in [0.15, 0.2) is 60.7 Å². The van der Waals surface area contributed by atoms with Gasteiger partial charge < -0.3 is 10.2 Å². The molecule has 0 saturated carbocycles. The fraction of sp³-hybridized carbons (Fsp3) is 0.222. The van der Waals surface area contributed by atoms with Gasteiger partial charge in [-0.3, -0.25) is 14.9 Å². The standard InChI is InChI=1S/C18H19NO4/c20-17(21)12-19-16(18(22)23)11-15(13-7-3-1-4-8-13)14-9-5-2-6-10-14/h1-10,15-16,19H,11-12H2,(H,20,21)(H,22,23). The van der Waals surface area contributed by atoms with Crippen LogP contribution < -0.4 is 5.32 Å². The van der Waals surface area contributed by atoms with Gasteiger partial charge in [-0.2, -0.15) is 0 Å². The number of aliphatic carboxylic acids is 2. The monoisotopic (exact) mass is 313 g/mol. The van der Waals surface area contributed by atoms with Gasteiger partial charge >= 0.3 is 11.9 Å². The van der Waals surface area contributed by atoms with Crippen molar-refractivity contribution in [2.45, 2.75) is 18.4 Å². The molecule has 0 heterocycles. The van der Waals surface area contributed by atoms with Crippen LogP contribution in [0.4, 0.5) is 0 Å². The van der Waals surface area contributed by atoms with Gasteiger partial charge in [0.1, 0.15) is 6.04 Å². The van der Waals surface area contributed by atoms with Crippen LogP contribution in [0, 0.1) is 0 Å². The fourth-order valence-electron chi connectivity index (χ4n) is 2.55. The van der Waals surface area contributed by atoms with Gasteiger partial charge in [-0.05, 0) is 17.5 Å². The number of hydrogen-bond donors (Lipinski definition) is 3. The van der Waals surface area contributed by atoms with Crippen LogP contribution >= 0.6 is 0 Å². The summed E-state index contributed by atoms with van der Waals surface area (Å²) < 4.78 is 0. The lowest BCUT2D eigenvalue weighted by molar-refractivity contribution is -0.140. The van der Waals surface area contributed by atoms with E-state index in [0.717, 1.165) is 11.1 Å². The molecule has 5 heteroatoms. The molecule has 3 N–H and O–H groups in total. The Labute approximate surface area is 134 Å². The smallest absolute Gasteiger partial charge is 0.320 e. The van der Waals surface area contributed by atoms with Gasteiger partial charge in [0.25, 0.3) is 0 Å². The first kappa shape index (κ1) is 16.7. The molecule has 120 valence electrons. The molecule has 0 aliphatic rings. The predicted octanol–water partition coefficient (Wildman–Crippen LogP) is 2.34. The van der Waals surface area contributed by atoms with Crippen LogP contribution in [0.5, 0.6) is 0 Å². The van der Waals surface area contributed by atoms with E-state index in [1.807, 2.05) is 60.7 Å². The number of carboxylic acids is 2. The summed E-state index contributed by atoms with van der Waals surface area (Å²) >= 11 is 0. The minimum Gasteiger partial charge on any atom is -0.480 e. The molecule has 0 aliphatic heterocycles. The highest BCUT2D eigenvalue weighted by atomic mass is 16.4. The Bertz CT molecular complexity index is 603. The largest absolute Gasteiger partial charge is 0.480 e. The van der Waals surface area contributed by atoms with E-state index in [0.29, 0.717) is 0 Å². The second kappa shape index (κ2) is 8.10. The van der Waals surface area contributed by atoms with Gasteiger partial charge in [0.15, 0.2) is 0 Å². The van der Waals surface area contributed by atoms with Crippen LogP contribution in [0.1, 0.15) is 23.5 Å². The highest BCUT2D eigenvalue weighted by Gasteiger charge is 2.25. The molecule has 0 aromatic heterocycles. The fourth-order valence-corrected chi connectivity index (χ4v) is 2.55. The molecule has 0 radical (unpaired) electrons. The Hall–Kier alpha value is -2.66. The van der Waals surface area contributed by atoms with E-state index in [1.54, 1.807) is 0 Å². The number of nitrogens with one attached hydrogen (secondary N) is 1. The summed E-state index contributed by atoms with van der Waals surface area (Å²) in [5.74, 6) is -2.25. The zero-order chi connectivity index (χ0) is 16.7. The summed E-state index contributed by atoms with van der Waals surface area (Å²) in [5.41, 5.74) is 2.00. The minimum absolute atomic E-state index is 0.125. The van der Waals surface area contributed by atoms with Crippen LogP contribution in [-0.4, -0.2) is 34.7 Å². The third-order valence-electron chi connectivity index (χ3n) is 3.67. The van der Waals surface area contributed by atoms with Crippen molar-refractivity contribution in [3.05, 3.63) is 71.8 Å². The molecule has 0 spiro atoms. The first-order valence-electron chi connectivity index (χ1n) is 7.36. The van der Waals surface area contributed by atoms with Gasteiger partial charge in [-0.1, -0.05) is 60.7 Å². The van der Waals surface area contributed by atoms with Gasteiger partial charge in [0.05, 0.1) is 6.54 Å². The maximum atomic E-state index is 11.5. The van der Waals surface area contributed by atoms with Crippen molar-refractivity contribution in [2.24, 2.45) is 0 Å². The first-order chi connectivity index (χ1) is 11.1. The Kier molecular flexibility index (Phi) is 5.88. The average molecular weight is 313 g/mol. The summed E-state index contributed by atoms with van der Waals surface area (Å²) in [6.07, 6.45) is 0.274. The highest BCUT2D eigenvalue weighted by Crippen LogP contribution is 2.29. The molecule has 2 aromatic carbocycles. The number of rotatable bonds is 8. The van der Waals surface area contributed by atoms with Crippen LogP contribution in [0.25, 0.3) is 0 Å². The van der Waals surface area contributed by atoms with Gasteiger partial charge in [-0.25, -0.2) is 0 Å². The SMILES string of the molecule is O=C(O)CNC(CC(c1ccccc1)c1ccccc1)C(=O)O.